The average molecular weight is 239 g/mol. The molecule has 1 N–H and O–H groups in total. The zero-order chi connectivity index (χ0) is 12.6. The zero-order valence-electron chi connectivity index (χ0n) is 10.0. The molecular weight excluding hydrogens is 226 g/mol. The van der Waals surface area contributed by atoms with Gasteiger partial charge in [0.15, 0.2) is 0 Å². The number of benzene rings is 2. The fourth-order valence-electron chi connectivity index (χ4n) is 2.16. The molecule has 1 amide bonds. The van der Waals surface area contributed by atoms with Crippen LogP contribution in [0, 0.1) is 0 Å². The number of ether oxygens (including phenoxy) is 1. The van der Waals surface area contributed by atoms with E-state index in [2.05, 4.69) is 5.32 Å². The van der Waals surface area contributed by atoms with Crippen molar-refractivity contribution in [3.8, 4) is 5.75 Å². The number of nitrogens with one attached hydrogen (secondary N) is 1. The van der Waals surface area contributed by atoms with Gasteiger partial charge in [-0.1, -0.05) is 42.5 Å². The van der Waals surface area contributed by atoms with Gasteiger partial charge < -0.3 is 10.1 Å². The molecule has 0 fully saturated rings. The van der Waals surface area contributed by atoms with Gasteiger partial charge in [0.05, 0.1) is 5.56 Å². The van der Waals surface area contributed by atoms with Gasteiger partial charge >= 0.3 is 0 Å². The van der Waals surface area contributed by atoms with Crippen LogP contribution in [-0.2, 0) is 5.72 Å². The van der Waals surface area contributed by atoms with Crippen LogP contribution >= 0.6 is 0 Å². The van der Waals surface area contributed by atoms with Crippen molar-refractivity contribution >= 4 is 5.91 Å². The van der Waals surface area contributed by atoms with Crippen LogP contribution in [0.3, 0.4) is 0 Å². The molecule has 1 atom stereocenters. The minimum Gasteiger partial charge on any atom is -0.463 e. The molecule has 1 unspecified atom stereocenters. The van der Waals surface area contributed by atoms with Crippen LogP contribution in [0.2, 0.25) is 0 Å². The van der Waals surface area contributed by atoms with Gasteiger partial charge in [0.2, 0.25) is 5.72 Å². The number of carbonyl (C=O) groups is 1. The number of carbonyl (C=O) groups excluding carboxylic acids is 1. The van der Waals surface area contributed by atoms with Gasteiger partial charge in [-0.15, -0.1) is 0 Å². The maximum atomic E-state index is 12.1. The molecule has 0 aliphatic carbocycles. The van der Waals surface area contributed by atoms with E-state index in [0.717, 1.165) is 5.56 Å². The number of amides is 1. The molecule has 18 heavy (non-hydrogen) atoms. The lowest BCUT2D eigenvalue weighted by Gasteiger charge is -2.36. The van der Waals surface area contributed by atoms with E-state index < -0.39 is 5.72 Å². The molecular formula is C15H13NO2. The third-order valence-corrected chi connectivity index (χ3v) is 3.12. The Morgan fingerprint density at radius 3 is 2.44 bits per heavy atom. The Hall–Kier alpha value is -2.29. The monoisotopic (exact) mass is 239 g/mol. The quantitative estimate of drug-likeness (QED) is 0.830. The first kappa shape index (κ1) is 10.8. The van der Waals surface area contributed by atoms with Crippen molar-refractivity contribution in [2.24, 2.45) is 0 Å². The smallest absolute Gasteiger partial charge is 0.258 e. The van der Waals surface area contributed by atoms with Crippen LogP contribution in [0.15, 0.2) is 54.6 Å². The van der Waals surface area contributed by atoms with Crippen LogP contribution in [0.4, 0.5) is 0 Å². The van der Waals surface area contributed by atoms with Crippen molar-refractivity contribution in [2.75, 3.05) is 0 Å². The molecule has 0 radical (unpaired) electrons. The molecule has 0 saturated carbocycles. The molecule has 1 aliphatic rings. The molecule has 0 bridgehead atoms. The van der Waals surface area contributed by atoms with Gasteiger partial charge in [-0.05, 0) is 19.1 Å². The SMILES string of the molecule is CC1(c2ccccc2)NC(=O)c2ccccc2O1. The summed E-state index contributed by atoms with van der Waals surface area (Å²) < 4.78 is 5.94. The first-order valence-corrected chi connectivity index (χ1v) is 5.85. The van der Waals surface area contributed by atoms with Crippen LogP contribution in [0.5, 0.6) is 5.75 Å². The van der Waals surface area contributed by atoms with E-state index in [0.29, 0.717) is 11.3 Å². The lowest BCUT2D eigenvalue weighted by molar-refractivity contribution is 0.0289. The summed E-state index contributed by atoms with van der Waals surface area (Å²) >= 11 is 0. The summed E-state index contributed by atoms with van der Waals surface area (Å²) in [4.78, 5) is 12.1. The normalized spacial score (nSPS) is 21.7. The fourth-order valence-corrected chi connectivity index (χ4v) is 2.16. The highest BCUT2D eigenvalue weighted by Crippen LogP contribution is 2.32. The Balaban J connectivity index is 2.06. The van der Waals surface area contributed by atoms with Crippen molar-refractivity contribution in [1.29, 1.82) is 0 Å². The highest BCUT2D eigenvalue weighted by Gasteiger charge is 2.36. The van der Waals surface area contributed by atoms with E-state index in [-0.39, 0.29) is 5.91 Å². The van der Waals surface area contributed by atoms with E-state index in [9.17, 15) is 4.79 Å². The summed E-state index contributed by atoms with van der Waals surface area (Å²) in [6.45, 7) is 1.86. The summed E-state index contributed by atoms with van der Waals surface area (Å²) in [7, 11) is 0. The second-order valence-electron chi connectivity index (χ2n) is 4.45. The highest BCUT2D eigenvalue weighted by molar-refractivity contribution is 5.98. The van der Waals surface area contributed by atoms with Crippen molar-refractivity contribution in [2.45, 2.75) is 12.6 Å². The Morgan fingerprint density at radius 2 is 1.67 bits per heavy atom. The summed E-state index contributed by atoms with van der Waals surface area (Å²) in [6, 6.07) is 16.9. The number of hydrogen-bond donors (Lipinski definition) is 1. The highest BCUT2D eigenvalue weighted by atomic mass is 16.5. The van der Waals surface area contributed by atoms with Crippen LogP contribution < -0.4 is 10.1 Å². The molecule has 90 valence electrons. The molecule has 3 nitrogen and oxygen atoms in total. The number of hydrogen-bond acceptors (Lipinski definition) is 2. The summed E-state index contributed by atoms with van der Waals surface area (Å²) in [6.07, 6.45) is 0. The maximum absolute atomic E-state index is 12.1. The molecule has 0 saturated heterocycles. The Labute approximate surface area is 105 Å². The van der Waals surface area contributed by atoms with Crippen molar-refractivity contribution in [3.05, 3.63) is 65.7 Å². The second-order valence-corrected chi connectivity index (χ2v) is 4.45. The van der Waals surface area contributed by atoms with E-state index in [4.69, 9.17) is 4.74 Å². The minimum atomic E-state index is -0.813. The summed E-state index contributed by atoms with van der Waals surface area (Å²) in [5, 5.41) is 2.90. The molecule has 0 aromatic heterocycles. The minimum absolute atomic E-state index is 0.108. The predicted molar refractivity (Wildman–Crippen MR) is 68.3 cm³/mol. The predicted octanol–water partition coefficient (Wildman–Crippen LogP) is 2.68. The third-order valence-electron chi connectivity index (χ3n) is 3.12. The average Bonchev–Trinajstić information content (AvgIpc) is 2.40. The number of rotatable bonds is 1. The Bertz CT molecular complexity index is 594. The number of fused-ring (bicyclic) bond motifs is 1. The van der Waals surface area contributed by atoms with Gasteiger partial charge in [-0.3, -0.25) is 4.79 Å². The third kappa shape index (κ3) is 1.64. The topological polar surface area (TPSA) is 38.3 Å². The van der Waals surface area contributed by atoms with E-state index >= 15 is 0 Å². The zero-order valence-corrected chi connectivity index (χ0v) is 10.0. The standard InChI is InChI=1S/C15H13NO2/c1-15(11-7-3-2-4-8-11)16-14(17)12-9-5-6-10-13(12)18-15/h2-10H,1H3,(H,16,17). The largest absolute Gasteiger partial charge is 0.463 e. The molecule has 3 rings (SSSR count). The Kier molecular flexibility index (Phi) is 2.33. The maximum Gasteiger partial charge on any atom is 0.258 e. The molecule has 0 spiro atoms. The van der Waals surface area contributed by atoms with Crippen LogP contribution in [0.1, 0.15) is 22.8 Å². The van der Waals surface area contributed by atoms with Crippen molar-refractivity contribution in [3.63, 3.8) is 0 Å². The van der Waals surface area contributed by atoms with Gasteiger partial charge in [-0.2, -0.15) is 0 Å². The fraction of sp³-hybridized carbons (Fsp3) is 0.133. The van der Waals surface area contributed by atoms with Gasteiger partial charge in [0, 0.05) is 5.56 Å². The molecule has 2 aromatic carbocycles. The molecule has 3 heteroatoms. The first-order valence-electron chi connectivity index (χ1n) is 5.85. The first-order chi connectivity index (χ1) is 8.69. The van der Waals surface area contributed by atoms with Crippen LogP contribution in [0.25, 0.3) is 0 Å². The van der Waals surface area contributed by atoms with Gasteiger partial charge in [-0.25, -0.2) is 0 Å². The van der Waals surface area contributed by atoms with Crippen molar-refractivity contribution < 1.29 is 9.53 Å². The van der Waals surface area contributed by atoms with Crippen LogP contribution in [-0.4, -0.2) is 5.91 Å². The van der Waals surface area contributed by atoms with Crippen molar-refractivity contribution in [1.82, 2.24) is 5.32 Å². The molecule has 1 heterocycles. The lowest BCUT2D eigenvalue weighted by atomic mass is 10.0. The Morgan fingerprint density at radius 1 is 1.00 bits per heavy atom. The molecule has 2 aromatic rings. The molecule has 1 aliphatic heterocycles. The van der Waals surface area contributed by atoms with E-state index in [1.807, 2.05) is 55.5 Å². The lowest BCUT2D eigenvalue weighted by Crippen LogP contribution is -2.51. The summed E-state index contributed by atoms with van der Waals surface area (Å²) in [5.41, 5.74) is 0.686. The summed E-state index contributed by atoms with van der Waals surface area (Å²) in [5.74, 6) is 0.510. The van der Waals surface area contributed by atoms with E-state index in [1.54, 1.807) is 6.07 Å². The van der Waals surface area contributed by atoms with Gasteiger partial charge in [0.25, 0.3) is 5.91 Å². The second kappa shape index (κ2) is 3.88. The van der Waals surface area contributed by atoms with E-state index in [1.165, 1.54) is 0 Å². The van der Waals surface area contributed by atoms with Gasteiger partial charge in [0.1, 0.15) is 5.75 Å². The number of para-hydroxylation sites is 1.